The Bertz CT molecular complexity index is 823. The van der Waals surface area contributed by atoms with E-state index in [0.717, 1.165) is 16.0 Å². The first-order chi connectivity index (χ1) is 13.4. The number of ether oxygens (including phenoxy) is 4. The van der Waals surface area contributed by atoms with Crippen molar-refractivity contribution >= 4 is 11.6 Å². The fraction of sp³-hybridized carbons (Fsp3) is 0.381. The topological polar surface area (TPSA) is 70.5 Å². The van der Waals surface area contributed by atoms with E-state index in [1.165, 1.54) is 0 Å². The fourth-order valence-corrected chi connectivity index (χ4v) is 2.97. The van der Waals surface area contributed by atoms with Crippen molar-refractivity contribution in [2.75, 3.05) is 47.3 Å². The lowest BCUT2D eigenvalue weighted by Crippen LogP contribution is -3.08. The highest BCUT2D eigenvalue weighted by molar-refractivity contribution is 5.93. The Morgan fingerprint density at radius 2 is 1.57 bits per heavy atom. The van der Waals surface area contributed by atoms with Crippen LogP contribution in [0.3, 0.4) is 0 Å². The summed E-state index contributed by atoms with van der Waals surface area (Å²) in [5.41, 5.74) is 2.81. The third-order valence-corrected chi connectivity index (χ3v) is 4.48. The Morgan fingerprint density at radius 3 is 2.18 bits per heavy atom. The Balaban J connectivity index is 2.03. The molecule has 0 aliphatic heterocycles. The Kier molecular flexibility index (Phi) is 7.52. The minimum Gasteiger partial charge on any atom is -0.497 e. The Hall–Kier alpha value is -2.93. The van der Waals surface area contributed by atoms with Crippen LogP contribution in [0.15, 0.2) is 30.3 Å². The van der Waals surface area contributed by atoms with Crippen LogP contribution in [0.1, 0.15) is 11.1 Å². The average molecular weight is 389 g/mol. The smallest absolute Gasteiger partial charge is 0.279 e. The van der Waals surface area contributed by atoms with E-state index in [4.69, 9.17) is 18.9 Å². The maximum absolute atomic E-state index is 12.5. The molecule has 0 saturated carbocycles. The summed E-state index contributed by atoms with van der Waals surface area (Å²) in [4.78, 5) is 13.5. The van der Waals surface area contributed by atoms with Crippen LogP contribution in [0.5, 0.6) is 23.0 Å². The van der Waals surface area contributed by atoms with Crippen molar-refractivity contribution in [3.05, 3.63) is 41.5 Å². The molecule has 152 valence electrons. The fourth-order valence-electron chi connectivity index (χ4n) is 2.97. The van der Waals surface area contributed by atoms with Crippen molar-refractivity contribution in [3.8, 4) is 23.0 Å². The molecule has 0 aliphatic carbocycles. The monoisotopic (exact) mass is 389 g/mol. The number of hydrogen-bond donors (Lipinski definition) is 2. The van der Waals surface area contributed by atoms with E-state index in [0.29, 0.717) is 41.8 Å². The summed E-state index contributed by atoms with van der Waals surface area (Å²) in [5, 5.41) is 2.90. The minimum absolute atomic E-state index is 0.0981. The van der Waals surface area contributed by atoms with Gasteiger partial charge in [-0.2, -0.15) is 0 Å². The van der Waals surface area contributed by atoms with Gasteiger partial charge >= 0.3 is 0 Å². The van der Waals surface area contributed by atoms with Crippen LogP contribution < -0.4 is 29.2 Å². The van der Waals surface area contributed by atoms with E-state index in [1.54, 1.807) is 46.6 Å². The molecule has 0 fully saturated rings. The molecule has 7 heteroatoms. The average Bonchev–Trinajstić information content (AvgIpc) is 2.69. The number of benzene rings is 2. The highest BCUT2D eigenvalue weighted by Crippen LogP contribution is 2.30. The van der Waals surface area contributed by atoms with Crippen molar-refractivity contribution in [3.63, 3.8) is 0 Å². The highest BCUT2D eigenvalue weighted by Gasteiger charge is 2.16. The number of aryl methyl sites for hydroxylation is 1. The summed E-state index contributed by atoms with van der Waals surface area (Å²) in [6.45, 7) is 3.01. The zero-order valence-corrected chi connectivity index (χ0v) is 17.3. The van der Waals surface area contributed by atoms with Gasteiger partial charge in [-0.05, 0) is 36.8 Å². The van der Waals surface area contributed by atoms with Crippen LogP contribution in [0.25, 0.3) is 0 Å². The van der Waals surface area contributed by atoms with Gasteiger partial charge in [-0.1, -0.05) is 0 Å². The van der Waals surface area contributed by atoms with Crippen molar-refractivity contribution in [2.24, 2.45) is 0 Å². The van der Waals surface area contributed by atoms with Gasteiger partial charge in [0.1, 0.15) is 18.0 Å². The number of methoxy groups -OCH3 is 4. The summed E-state index contributed by atoms with van der Waals surface area (Å²) in [6.07, 6.45) is 0. The minimum atomic E-state index is -0.0981. The highest BCUT2D eigenvalue weighted by atomic mass is 16.5. The Morgan fingerprint density at radius 1 is 0.929 bits per heavy atom. The van der Waals surface area contributed by atoms with Crippen LogP contribution in [-0.2, 0) is 11.3 Å². The van der Waals surface area contributed by atoms with Crippen LogP contribution in [-0.4, -0.2) is 47.9 Å². The second kappa shape index (κ2) is 9.85. The number of anilines is 1. The number of rotatable bonds is 9. The zero-order valence-electron chi connectivity index (χ0n) is 17.3. The molecule has 2 N–H and O–H groups in total. The van der Waals surface area contributed by atoms with Crippen molar-refractivity contribution in [1.29, 1.82) is 0 Å². The number of hydrogen-bond acceptors (Lipinski definition) is 5. The van der Waals surface area contributed by atoms with E-state index < -0.39 is 0 Å². The second-order valence-corrected chi connectivity index (χ2v) is 6.56. The standard InChI is InChI=1S/C21H28N2O5/c1-14-9-19(27-5)20(28-6)10-15(14)12-23(2)13-21(24)22-17-8-7-16(25-3)11-18(17)26-4/h7-11H,12-13H2,1-6H3,(H,22,24)/p+1. The quantitative estimate of drug-likeness (QED) is 0.683. The lowest BCUT2D eigenvalue weighted by atomic mass is 10.1. The third kappa shape index (κ3) is 5.29. The Labute approximate surface area is 166 Å². The number of quaternary nitrogens is 1. The summed E-state index contributed by atoms with van der Waals surface area (Å²) >= 11 is 0. The second-order valence-electron chi connectivity index (χ2n) is 6.56. The first kappa shape index (κ1) is 21.4. The van der Waals surface area contributed by atoms with E-state index >= 15 is 0 Å². The molecule has 0 aliphatic rings. The lowest BCUT2D eigenvalue weighted by Gasteiger charge is -2.18. The molecule has 0 heterocycles. The number of carbonyl (C=O) groups excluding carboxylic acids is 1. The molecule has 0 aromatic heterocycles. The number of carbonyl (C=O) groups is 1. The molecule has 2 aromatic rings. The van der Waals surface area contributed by atoms with Gasteiger partial charge < -0.3 is 29.2 Å². The summed E-state index contributed by atoms with van der Waals surface area (Å²) in [6, 6.07) is 9.19. The molecule has 2 rings (SSSR count). The molecule has 0 saturated heterocycles. The maximum Gasteiger partial charge on any atom is 0.279 e. The molecule has 28 heavy (non-hydrogen) atoms. The van der Waals surface area contributed by atoms with Crippen LogP contribution in [0.4, 0.5) is 5.69 Å². The molecule has 1 amide bonds. The van der Waals surface area contributed by atoms with Gasteiger partial charge in [-0.25, -0.2) is 0 Å². The van der Waals surface area contributed by atoms with Gasteiger partial charge in [0, 0.05) is 11.6 Å². The maximum atomic E-state index is 12.5. The number of amides is 1. The van der Waals surface area contributed by atoms with Crippen LogP contribution >= 0.6 is 0 Å². The first-order valence-electron chi connectivity index (χ1n) is 8.96. The van der Waals surface area contributed by atoms with Gasteiger partial charge in [0.25, 0.3) is 5.91 Å². The number of likely N-dealkylation sites (N-methyl/N-ethyl adjacent to an activating group) is 1. The molecule has 0 spiro atoms. The van der Waals surface area contributed by atoms with Gasteiger partial charge in [-0.15, -0.1) is 0 Å². The molecule has 7 nitrogen and oxygen atoms in total. The summed E-state index contributed by atoms with van der Waals surface area (Å²) in [5.74, 6) is 2.51. The third-order valence-electron chi connectivity index (χ3n) is 4.48. The number of nitrogens with one attached hydrogen (secondary N) is 2. The largest absolute Gasteiger partial charge is 0.497 e. The SMILES string of the molecule is COc1ccc(NC(=O)C[NH+](C)Cc2cc(OC)c(OC)cc2C)c(OC)c1. The van der Waals surface area contributed by atoms with E-state index in [1.807, 2.05) is 26.1 Å². The summed E-state index contributed by atoms with van der Waals surface area (Å²) in [7, 11) is 8.35. The van der Waals surface area contributed by atoms with Crippen molar-refractivity contribution in [2.45, 2.75) is 13.5 Å². The molecule has 0 bridgehead atoms. The zero-order chi connectivity index (χ0) is 20.7. The predicted molar refractivity (Wildman–Crippen MR) is 108 cm³/mol. The van der Waals surface area contributed by atoms with Gasteiger partial charge in [0.05, 0.1) is 41.2 Å². The van der Waals surface area contributed by atoms with Crippen LogP contribution in [0, 0.1) is 6.92 Å². The summed E-state index contributed by atoms with van der Waals surface area (Å²) < 4.78 is 21.2. The van der Waals surface area contributed by atoms with Gasteiger partial charge in [0.2, 0.25) is 0 Å². The van der Waals surface area contributed by atoms with E-state index in [9.17, 15) is 4.79 Å². The van der Waals surface area contributed by atoms with E-state index in [2.05, 4.69) is 5.32 Å². The molecule has 1 unspecified atom stereocenters. The van der Waals surface area contributed by atoms with Gasteiger partial charge in [-0.3, -0.25) is 4.79 Å². The normalized spacial score (nSPS) is 11.5. The van der Waals surface area contributed by atoms with E-state index in [-0.39, 0.29) is 5.91 Å². The molecule has 0 radical (unpaired) electrons. The molecular formula is C21H29N2O5+. The molecule has 1 atom stereocenters. The van der Waals surface area contributed by atoms with Crippen molar-refractivity contribution < 1.29 is 28.6 Å². The predicted octanol–water partition coefficient (Wildman–Crippen LogP) is 1.68. The first-order valence-corrected chi connectivity index (χ1v) is 8.96. The van der Waals surface area contributed by atoms with Crippen LogP contribution in [0.2, 0.25) is 0 Å². The lowest BCUT2D eigenvalue weighted by molar-refractivity contribution is -0.885. The molecule has 2 aromatic carbocycles. The van der Waals surface area contributed by atoms with Gasteiger partial charge in [0.15, 0.2) is 18.0 Å². The molecular weight excluding hydrogens is 360 g/mol. The van der Waals surface area contributed by atoms with Crippen molar-refractivity contribution in [1.82, 2.24) is 0 Å².